The molecule has 0 spiro atoms. The lowest BCUT2D eigenvalue weighted by Gasteiger charge is -2.17. The van der Waals surface area contributed by atoms with Gasteiger partial charge in [-0.05, 0) is 11.1 Å². The van der Waals surface area contributed by atoms with Crippen molar-refractivity contribution in [3.63, 3.8) is 0 Å². The highest BCUT2D eigenvalue weighted by Crippen LogP contribution is 2.49. The van der Waals surface area contributed by atoms with Gasteiger partial charge in [-0.1, -0.05) is 24.3 Å². The number of hydrogen-bond acceptors (Lipinski definition) is 2. The number of rotatable bonds is 0. The third-order valence-corrected chi connectivity index (χ3v) is 2.31. The van der Waals surface area contributed by atoms with E-state index in [1.807, 2.05) is 0 Å². The van der Waals surface area contributed by atoms with Crippen LogP contribution in [0.2, 0.25) is 0 Å². The number of fused-ring (bicyclic) bond motifs is 1. The fourth-order valence-corrected chi connectivity index (χ4v) is 1.57. The van der Waals surface area contributed by atoms with Crippen LogP contribution in [0.3, 0.4) is 0 Å². The van der Waals surface area contributed by atoms with Gasteiger partial charge in [0.1, 0.15) is 12.2 Å². The first-order chi connectivity index (χ1) is 6.05. The zero-order valence-corrected chi connectivity index (χ0v) is 6.61. The Hall–Kier alpha value is -1.00. The average molecular weight is 186 g/mol. The summed E-state index contributed by atoms with van der Waals surface area (Å²) in [7, 11) is 0. The van der Waals surface area contributed by atoms with Gasteiger partial charge in [-0.15, -0.1) is 0 Å². The smallest absolute Gasteiger partial charge is 0.306 e. The van der Waals surface area contributed by atoms with Crippen molar-refractivity contribution in [2.24, 2.45) is 0 Å². The minimum atomic E-state index is -3.47. The molecule has 2 atom stereocenters. The molecule has 2 N–H and O–H groups in total. The van der Waals surface area contributed by atoms with E-state index in [2.05, 4.69) is 0 Å². The van der Waals surface area contributed by atoms with Gasteiger partial charge in [0.2, 0.25) is 0 Å². The molecule has 13 heavy (non-hydrogen) atoms. The van der Waals surface area contributed by atoms with E-state index in [0.29, 0.717) is 0 Å². The van der Waals surface area contributed by atoms with Crippen LogP contribution in [0.1, 0.15) is 23.3 Å². The molecular weight excluding hydrogens is 178 g/mol. The number of hydrogen-bond donors (Lipinski definition) is 2. The van der Waals surface area contributed by atoms with Gasteiger partial charge in [-0.2, -0.15) is 0 Å². The van der Waals surface area contributed by atoms with E-state index in [1.54, 1.807) is 12.1 Å². The third kappa shape index (κ3) is 0.990. The second-order valence-electron chi connectivity index (χ2n) is 3.11. The predicted octanol–water partition coefficient (Wildman–Crippen LogP) is 1.40. The van der Waals surface area contributed by atoms with Crippen molar-refractivity contribution in [1.29, 1.82) is 0 Å². The van der Waals surface area contributed by atoms with Gasteiger partial charge >= 0.3 is 5.92 Å². The van der Waals surface area contributed by atoms with Crippen LogP contribution in [0.15, 0.2) is 24.3 Å². The summed E-state index contributed by atoms with van der Waals surface area (Å²) in [6.45, 7) is 0. The number of benzene rings is 1. The Morgan fingerprint density at radius 3 is 1.77 bits per heavy atom. The van der Waals surface area contributed by atoms with Crippen LogP contribution in [0.25, 0.3) is 0 Å². The van der Waals surface area contributed by atoms with Crippen molar-refractivity contribution in [2.75, 3.05) is 0 Å². The molecule has 0 saturated heterocycles. The molecule has 1 aliphatic carbocycles. The highest BCUT2D eigenvalue weighted by Gasteiger charge is 2.54. The summed E-state index contributed by atoms with van der Waals surface area (Å²) in [5.41, 5.74) is 0.222. The SMILES string of the molecule is OC1c2ccccc2C(O)C1(F)F. The van der Waals surface area contributed by atoms with Gasteiger partial charge in [-0.25, -0.2) is 8.78 Å². The van der Waals surface area contributed by atoms with E-state index >= 15 is 0 Å². The van der Waals surface area contributed by atoms with Crippen LogP contribution < -0.4 is 0 Å². The molecule has 0 heterocycles. The lowest BCUT2D eigenvalue weighted by Crippen LogP contribution is -2.26. The molecular formula is C9H8F2O2. The predicted molar refractivity (Wildman–Crippen MR) is 41.3 cm³/mol. The topological polar surface area (TPSA) is 40.5 Å². The van der Waals surface area contributed by atoms with Crippen LogP contribution in [0, 0.1) is 0 Å². The number of aliphatic hydroxyl groups excluding tert-OH is 2. The van der Waals surface area contributed by atoms with Crippen LogP contribution >= 0.6 is 0 Å². The molecule has 4 heteroatoms. The number of alkyl halides is 2. The van der Waals surface area contributed by atoms with Crippen LogP contribution in [-0.4, -0.2) is 16.1 Å². The summed E-state index contributed by atoms with van der Waals surface area (Å²) >= 11 is 0. The Morgan fingerprint density at radius 1 is 1.00 bits per heavy atom. The fraction of sp³-hybridized carbons (Fsp3) is 0.333. The van der Waals surface area contributed by atoms with Gasteiger partial charge in [0, 0.05) is 0 Å². The van der Waals surface area contributed by atoms with Crippen LogP contribution in [0.5, 0.6) is 0 Å². The summed E-state index contributed by atoms with van der Waals surface area (Å²) in [4.78, 5) is 0. The molecule has 0 aromatic heterocycles. The minimum absolute atomic E-state index is 0.111. The Morgan fingerprint density at radius 2 is 1.38 bits per heavy atom. The highest BCUT2D eigenvalue weighted by molar-refractivity contribution is 5.38. The molecule has 1 aliphatic rings. The molecule has 0 amide bonds. The fourth-order valence-electron chi connectivity index (χ4n) is 1.57. The van der Waals surface area contributed by atoms with Gasteiger partial charge in [0.15, 0.2) is 0 Å². The first kappa shape index (κ1) is 8.59. The maximum Gasteiger partial charge on any atom is 0.306 e. The van der Waals surface area contributed by atoms with E-state index in [-0.39, 0.29) is 11.1 Å². The van der Waals surface area contributed by atoms with Gasteiger partial charge < -0.3 is 10.2 Å². The van der Waals surface area contributed by atoms with Gasteiger partial charge in [0.25, 0.3) is 0 Å². The van der Waals surface area contributed by atoms with Gasteiger partial charge in [-0.3, -0.25) is 0 Å². The molecule has 1 aromatic rings. The first-order valence-corrected chi connectivity index (χ1v) is 3.88. The Balaban J connectivity index is 2.57. The second-order valence-corrected chi connectivity index (χ2v) is 3.11. The Kier molecular flexibility index (Phi) is 1.65. The zero-order chi connectivity index (χ0) is 9.64. The molecule has 2 nitrogen and oxygen atoms in total. The van der Waals surface area contributed by atoms with Crippen molar-refractivity contribution in [3.8, 4) is 0 Å². The van der Waals surface area contributed by atoms with E-state index in [1.165, 1.54) is 12.1 Å². The molecule has 2 rings (SSSR count). The summed E-state index contributed by atoms with van der Waals surface area (Å²) < 4.78 is 26.0. The maximum atomic E-state index is 13.0. The first-order valence-electron chi connectivity index (χ1n) is 3.88. The van der Waals surface area contributed by atoms with E-state index < -0.39 is 18.1 Å². The Bertz CT molecular complexity index is 307. The maximum absolute atomic E-state index is 13.0. The van der Waals surface area contributed by atoms with Crippen LogP contribution in [-0.2, 0) is 0 Å². The summed E-state index contributed by atoms with van der Waals surface area (Å²) in [5.74, 6) is -3.47. The van der Waals surface area contributed by atoms with E-state index in [9.17, 15) is 8.78 Å². The van der Waals surface area contributed by atoms with Crippen LogP contribution in [0.4, 0.5) is 8.78 Å². The molecule has 0 bridgehead atoms. The normalized spacial score (nSPS) is 30.2. The number of aliphatic hydroxyl groups is 2. The van der Waals surface area contributed by atoms with Crippen molar-refractivity contribution in [3.05, 3.63) is 35.4 Å². The molecule has 0 fully saturated rings. The largest absolute Gasteiger partial charge is 0.382 e. The van der Waals surface area contributed by atoms with Crippen molar-refractivity contribution < 1.29 is 19.0 Å². The van der Waals surface area contributed by atoms with Gasteiger partial charge in [0.05, 0.1) is 0 Å². The minimum Gasteiger partial charge on any atom is -0.382 e. The Labute approximate surface area is 73.4 Å². The zero-order valence-electron chi connectivity index (χ0n) is 6.61. The average Bonchev–Trinajstić information content (AvgIpc) is 2.30. The summed E-state index contributed by atoms with van der Waals surface area (Å²) in [6.07, 6.45) is -3.78. The molecule has 70 valence electrons. The lowest BCUT2D eigenvalue weighted by atomic mass is 10.1. The monoisotopic (exact) mass is 186 g/mol. The molecule has 2 unspecified atom stereocenters. The summed E-state index contributed by atoms with van der Waals surface area (Å²) in [5, 5.41) is 18.3. The molecule has 0 aliphatic heterocycles. The van der Waals surface area contributed by atoms with Crippen molar-refractivity contribution in [1.82, 2.24) is 0 Å². The second kappa shape index (κ2) is 2.49. The molecule has 0 radical (unpaired) electrons. The molecule has 0 saturated carbocycles. The summed E-state index contributed by atoms with van der Waals surface area (Å²) in [6, 6.07) is 5.89. The number of halogens is 2. The quantitative estimate of drug-likeness (QED) is 0.643. The van der Waals surface area contributed by atoms with E-state index in [0.717, 1.165) is 0 Å². The lowest BCUT2D eigenvalue weighted by molar-refractivity contribution is -0.166. The van der Waals surface area contributed by atoms with E-state index in [4.69, 9.17) is 10.2 Å². The highest BCUT2D eigenvalue weighted by atomic mass is 19.3. The third-order valence-electron chi connectivity index (χ3n) is 2.31. The van der Waals surface area contributed by atoms with Crippen molar-refractivity contribution >= 4 is 0 Å². The standard InChI is InChI=1S/C9H8F2O2/c10-9(11)7(12)5-3-1-2-4-6(5)8(9)13/h1-4,7-8,12-13H. The van der Waals surface area contributed by atoms with Crippen molar-refractivity contribution in [2.45, 2.75) is 18.1 Å². The molecule has 1 aromatic carbocycles.